The molecule has 0 radical (unpaired) electrons. The van der Waals surface area contributed by atoms with E-state index in [1.54, 1.807) is 12.4 Å². The van der Waals surface area contributed by atoms with Gasteiger partial charge in [0.25, 0.3) is 0 Å². The molecule has 0 spiro atoms. The highest BCUT2D eigenvalue weighted by molar-refractivity contribution is 5.40. The number of hydrogen-bond donors (Lipinski definition) is 1. The molecule has 0 aromatic carbocycles. The number of nitrogens with one attached hydrogen (secondary N) is 1. The lowest BCUT2D eigenvalue weighted by molar-refractivity contribution is 0.646. The van der Waals surface area contributed by atoms with Crippen molar-refractivity contribution >= 4 is 5.82 Å². The normalized spacial score (nSPS) is 12.5. The molecule has 1 unspecified atom stereocenters. The zero-order valence-electron chi connectivity index (χ0n) is 8.54. The Morgan fingerprint density at radius 3 is 2.69 bits per heavy atom. The first-order valence-electron chi connectivity index (χ1n) is 4.78. The molecule has 1 atom stereocenters. The minimum absolute atomic E-state index is 0.487. The van der Waals surface area contributed by atoms with Crippen molar-refractivity contribution in [3.8, 4) is 0 Å². The second-order valence-electron chi connectivity index (χ2n) is 3.23. The predicted octanol–water partition coefficient (Wildman–Crippen LogP) is 2.42. The van der Waals surface area contributed by atoms with Crippen molar-refractivity contribution in [1.29, 1.82) is 0 Å². The van der Waals surface area contributed by atoms with Crippen LogP contribution in [0.3, 0.4) is 0 Å². The van der Waals surface area contributed by atoms with Gasteiger partial charge in [-0.3, -0.25) is 4.98 Å². The van der Waals surface area contributed by atoms with Crippen molar-refractivity contribution < 1.29 is 0 Å². The summed E-state index contributed by atoms with van der Waals surface area (Å²) in [4.78, 5) is 8.57. The summed E-state index contributed by atoms with van der Waals surface area (Å²) in [5, 5.41) is 3.06. The van der Waals surface area contributed by atoms with Crippen molar-refractivity contribution in [1.82, 2.24) is 9.97 Å². The Morgan fingerprint density at radius 1 is 1.38 bits per heavy atom. The molecule has 3 heteroatoms. The Kier molecular flexibility index (Phi) is 3.68. The van der Waals surface area contributed by atoms with Gasteiger partial charge in [-0.05, 0) is 6.42 Å². The maximum atomic E-state index is 4.34. The molecule has 1 N–H and O–H groups in total. The van der Waals surface area contributed by atoms with Crippen molar-refractivity contribution in [3.63, 3.8) is 0 Å². The summed E-state index contributed by atoms with van der Waals surface area (Å²) in [5.74, 6) is 1.39. The highest BCUT2D eigenvalue weighted by atomic mass is 15.0. The van der Waals surface area contributed by atoms with Gasteiger partial charge in [0.1, 0.15) is 5.82 Å². The van der Waals surface area contributed by atoms with Crippen molar-refractivity contribution in [2.45, 2.75) is 32.6 Å². The second-order valence-corrected chi connectivity index (χ2v) is 3.23. The summed E-state index contributed by atoms with van der Waals surface area (Å²) in [6, 6.07) is 0. The lowest BCUT2D eigenvalue weighted by Gasteiger charge is -2.12. The van der Waals surface area contributed by atoms with E-state index in [-0.39, 0.29) is 0 Å². The summed E-state index contributed by atoms with van der Waals surface area (Å²) >= 11 is 0. The largest absolute Gasteiger partial charge is 0.372 e. The Morgan fingerprint density at radius 2 is 2.08 bits per heavy atom. The fourth-order valence-electron chi connectivity index (χ4n) is 1.47. The van der Waals surface area contributed by atoms with E-state index in [4.69, 9.17) is 0 Å². The van der Waals surface area contributed by atoms with Crippen molar-refractivity contribution in [2.24, 2.45) is 0 Å². The summed E-state index contributed by atoms with van der Waals surface area (Å²) in [6.45, 7) is 4.38. The fraction of sp³-hybridized carbons (Fsp3) is 0.600. The maximum Gasteiger partial charge on any atom is 0.147 e. The van der Waals surface area contributed by atoms with Crippen LogP contribution in [-0.4, -0.2) is 17.0 Å². The number of rotatable bonds is 4. The SMILES string of the molecule is CCCC(C)c1nccnc1NC. The third-order valence-corrected chi connectivity index (χ3v) is 2.15. The zero-order valence-corrected chi connectivity index (χ0v) is 8.54. The van der Waals surface area contributed by atoms with E-state index >= 15 is 0 Å². The van der Waals surface area contributed by atoms with Crippen LogP contribution in [0.5, 0.6) is 0 Å². The molecule has 1 heterocycles. The van der Waals surface area contributed by atoms with Gasteiger partial charge < -0.3 is 5.32 Å². The van der Waals surface area contributed by atoms with Crippen molar-refractivity contribution in [2.75, 3.05) is 12.4 Å². The lowest BCUT2D eigenvalue weighted by Crippen LogP contribution is -2.04. The van der Waals surface area contributed by atoms with E-state index in [0.717, 1.165) is 17.9 Å². The molecule has 72 valence electrons. The molecule has 0 amide bonds. The van der Waals surface area contributed by atoms with Crippen LogP contribution in [0.2, 0.25) is 0 Å². The molecule has 1 aromatic rings. The fourth-order valence-corrected chi connectivity index (χ4v) is 1.47. The van der Waals surface area contributed by atoms with Gasteiger partial charge in [0.05, 0.1) is 5.69 Å². The molecule has 0 aliphatic heterocycles. The van der Waals surface area contributed by atoms with E-state index in [1.807, 2.05) is 7.05 Å². The number of anilines is 1. The van der Waals surface area contributed by atoms with E-state index < -0.39 is 0 Å². The molecule has 13 heavy (non-hydrogen) atoms. The molecule has 0 saturated carbocycles. The highest BCUT2D eigenvalue weighted by Crippen LogP contribution is 2.22. The van der Waals surface area contributed by atoms with Gasteiger partial charge in [-0.1, -0.05) is 20.3 Å². The van der Waals surface area contributed by atoms with E-state index in [0.29, 0.717) is 5.92 Å². The van der Waals surface area contributed by atoms with Gasteiger partial charge in [0, 0.05) is 25.4 Å². The summed E-state index contributed by atoms with van der Waals surface area (Å²) in [5.41, 5.74) is 1.08. The quantitative estimate of drug-likeness (QED) is 0.771. The van der Waals surface area contributed by atoms with Crippen molar-refractivity contribution in [3.05, 3.63) is 18.1 Å². The van der Waals surface area contributed by atoms with Gasteiger partial charge in [0.15, 0.2) is 0 Å². The summed E-state index contributed by atoms with van der Waals surface area (Å²) < 4.78 is 0. The van der Waals surface area contributed by atoms with Crippen LogP contribution in [0.25, 0.3) is 0 Å². The van der Waals surface area contributed by atoms with Gasteiger partial charge in [-0.15, -0.1) is 0 Å². The van der Waals surface area contributed by atoms with Crippen LogP contribution >= 0.6 is 0 Å². The Labute approximate surface area is 79.6 Å². The van der Waals surface area contributed by atoms with Crippen LogP contribution in [0.1, 0.15) is 38.3 Å². The van der Waals surface area contributed by atoms with Gasteiger partial charge >= 0.3 is 0 Å². The van der Waals surface area contributed by atoms with Crippen LogP contribution < -0.4 is 5.32 Å². The van der Waals surface area contributed by atoms with Crippen LogP contribution in [0, 0.1) is 0 Å². The van der Waals surface area contributed by atoms with Gasteiger partial charge in [-0.2, -0.15) is 0 Å². The third-order valence-electron chi connectivity index (χ3n) is 2.15. The average molecular weight is 179 g/mol. The van der Waals surface area contributed by atoms with E-state index in [9.17, 15) is 0 Å². The molecule has 0 aliphatic rings. The molecule has 0 bridgehead atoms. The number of nitrogens with zero attached hydrogens (tertiary/aromatic N) is 2. The monoisotopic (exact) mass is 179 g/mol. The minimum Gasteiger partial charge on any atom is -0.372 e. The van der Waals surface area contributed by atoms with Gasteiger partial charge in [-0.25, -0.2) is 4.98 Å². The average Bonchev–Trinajstić information content (AvgIpc) is 2.18. The first-order valence-corrected chi connectivity index (χ1v) is 4.78. The molecule has 3 nitrogen and oxygen atoms in total. The van der Waals surface area contributed by atoms with Crippen LogP contribution in [0.4, 0.5) is 5.82 Å². The van der Waals surface area contributed by atoms with Crippen LogP contribution in [0.15, 0.2) is 12.4 Å². The molecule has 1 aromatic heterocycles. The standard InChI is InChI=1S/C10H17N3/c1-4-5-8(2)9-10(11-3)13-7-6-12-9/h6-8H,4-5H2,1-3H3,(H,11,13). The first-order chi connectivity index (χ1) is 6.29. The second kappa shape index (κ2) is 4.80. The zero-order chi connectivity index (χ0) is 9.68. The molecule has 0 saturated heterocycles. The van der Waals surface area contributed by atoms with Gasteiger partial charge in [0.2, 0.25) is 0 Å². The van der Waals surface area contributed by atoms with E-state index in [1.165, 1.54) is 6.42 Å². The molecule has 0 aliphatic carbocycles. The maximum absolute atomic E-state index is 4.34. The Balaban J connectivity index is 2.85. The van der Waals surface area contributed by atoms with Crippen LogP contribution in [-0.2, 0) is 0 Å². The summed E-state index contributed by atoms with van der Waals surface area (Å²) in [6.07, 6.45) is 5.81. The highest BCUT2D eigenvalue weighted by Gasteiger charge is 2.10. The first kappa shape index (κ1) is 9.96. The minimum atomic E-state index is 0.487. The molecular formula is C10H17N3. The third kappa shape index (κ3) is 2.41. The topological polar surface area (TPSA) is 37.8 Å². The molecular weight excluding hydrogens is 162 g/mol. The Bertz CT molecular complexity index is 260. The number of hydrogen-bond acceptors (Lipinski definition) is 3. The smallest absolute Gasteiger partial charge is 0.147 e. The number of aromatic nitrogens is 2. The van der Waals surface area contributed by atoms with E-state index in [2.05, 4.69) is 29.1 Å². The lowest BCUT2D eigenvalue weighted by atomic mass is 10.0. The molecule has 1 rings (SSSR count). The predicted molar refractivity (Wildman–Crippen MR) is 54.9 cm³/mol. The Hall–Kier alpha value is -1.12. The molecule has 0 fully saturated rings. The summed E-state index contributed by atoms with van der Waals surface area (Å²) in [7, 11) is 1.88.